The van der Waals surface area contributed by atoms with Gasteiger partial charge in [-0.2, -0.15) is 5.10 Å². The second kappa shape index (κ2) is 6.55. The highest BCUT2D eigenvalue weighted by molar-refractivity contribution is 5.96. The van der Waals surface area contributed by atoms with E-state index in [1.807, 2.05) is 46.1 Å². The molecular weight excluding hydrogens is 310 g/mol. The van der Waals surface area contributed by atoms with E-state index in [4.69, 9.17) is 0 Å². The number of fused-ring (bicyclic) bond motifs is 1. The number of benzene rings is 2. The molecular formula is C21H21N3O. The lowest BCUT2D eigenvalue weighted by Gasteiger charge is -2.31. The summed E-state index contributed by atoms with van der Waals surface area (Å²) in [5.41, 5.74) is 5.49. The fourth-order valence-corrected chi connectivity index (χ4v) is 3.54. The zero-order chi connectivity index (χ0) is 17.2. The Labute approximate surface area is 147 Å². The highest BCUT2D eigenvalue weighted by atomic mass is 16.2. The van der Waals surface area contributed by atoms with E-state index >= 15 is 0 Å². The van der Waals surface area contributed by atoms with Crippen molar-refractivity contribution in [3.63, 3.8) is 0 Å². The maximum atomic E-state index is 12.9. The van der Waals surface area contributed by atoms with E-state index in [-0.39, 0.29) is 5.91 Å². The molecule has 0 unspecified atom stereocenters. The molecule has 0 atom stereocenters. The van der Waals surface area contributed by atoms with Gasteiger partial charge in [-0.3, -0.25) is 4.79 Å². The van der Waals surface area contributed by atoms with Gasteiger partial charge in [-0.1, -0.05) is 36.4 Å². The summed E-state index contributed by atoms with van der Waals surface area (Å²) in [5.74, 6) is 0.142. The van der Waals surface area contributed by atoms with Crippen LogP contribution in [-0.2, 0) is 17.6 Å². The molecule has 0 N–H and O–H groups in total. The topological polar surface area (TPSA) is 38.1 Å². The molecule has 1 aromatic heterocycles. The number of anilines is 1. The molecule has 1 amide bonds. The molecule has 0 saturated heterocycles. The largest absolute Gasteiger partial charge is 0.312 e. The van der Waals surface area contributed by atoms with Crippen LogP contribution in [0.2, 0.25) is 0 Å². The quantitative estimate of drug-likeness (QED) is 0.734. The van der Waals surface area contributed by atoms with Crippen molar-refractivity contribution in [2.45, 2.75) is 26.2 Å². The van der Waals surface area contributed by atoms with Crippen LogP contribution in [0, 0.1) is 6.92 Å². The average molecular weight is 331 g/mol. The van der Waals surface area contributed by atoms with Crippen LogP contribution < -0.4 is 4.90 Å². The van der Waals surface area contributed by atoms with E-state index in [1.165, 1.54) is 11.1 Å². The van der Waals surface area contributed by atoms with Crippen LogP contribution >= 0.6 is 0 Å². The van der Waals surface area contributed by atoms with Crippen LogP contribution in [0.4, 0.5) is 5.69 Å². The van der Waals surface area contributed by atoms with Crippen molar-refractivity contribution in [2.75, 3.05) is 11.4 Å². The minimum Gasteiger partial charge on any atom is -0.312 e. The monoisotopic (exact) mass is 331 g/mol. The zero-order valence-electron chi connectivity index (χ0n) is 14.4. The Morgan fingerprint density at radius 3 is 2.80 bits per heavy atom. The van der Waals surface area contributed by atoms with Gasteiger partial charge in [-0.05, 0) is 48.6 Å². The third-order valence-corrected chi connectivity index (χ3v) is 4.73. The zero-order valence-corrected chi connectivity index (χ0v) is 14.4. The number of para-hydroxylation sites is 2. The first kappa shape index (κ1) is 15.6. The molecule has 0 spiro atoms. The minimum absolute atomic E-state index is 0.142. The molecule has 0 saturated carbocycles. The van der Waals surface area contributed by atoms with Gasteiger partial charge in [0.15, 0.2) is 0 Å². The summed E-state index contributed by atoms with van der Waals surface area (Å²) >= 11 is 0. The van der Waals surface area contributed by atoms with Crippen molar-refractivity contribution in [2.24, 2.45) is 0 Å². The molecule has 0 bridgehead atoms. The van der Waals surface area contributed by atoms with Crippen LogP contribution in [0.3, 0.4) is 0 Å². The molecule has 3 aromatic rings. The van der Waals surface area contributed by atoms with Crippen LogP contribution in [0.1, 0.15) is 23.1 Å². The number of carbonyl (C=O) groups is 1. The molecule has 0 aliphatic carbocycles. The number of nitrogens with zero attached hydrogens (tertiary/aromatic N) is 3. The predicted molar refractivity (Wildman–Crippen MR) is 99.1 cm³/mol. The maximum absolute atomic E-state index is 12.9. The number of amides is 1. The van der Waals surface area contributed by atoms with Crippen LogP contribution in [0.15, 0.2) is 60.9 Å². The van der Waals surface area contributed by atoms with E-state index in [0.29, 0.717) is 6.42 Å². The fourth-order valence-electron chi connectivity index (χ4n) is 3.54. The van der Waals surface area contributed by atoms with Crippen molar-refractivity contribution in [1.82, 2.24) is 9.78 Å². The number of hydrogen-bond acceptors (Lipinski definition) is 2. The van der Waals surface area contributed by atoms with Crippen molar-refractivity contribution in [3.05, 3.63) is 77.6 Å². The summed E-state index contributed by atoms with van der Waals surface area (Å²) in [6.45, 7) is 2.88. The summed E-state index contributed by atoms with van der Waals surface area (Å²) in [6, 6.07) is 16.2. The van der Waals surface area contributed by atoms with Gasteiger partial charge in [0.25, 0.3) is 0 Å². The van der Waals surface area contributed by atoms with E-state index < -0.39 is 0 Å². The first-order valence-electron chi connectivity index (χ1n) is 8.70. The standard InChI is InChI=1S/C21H21N3O/c1-16-7-5-8-18-9-6-12-23(21(16)18)20(25)13-17-14-22-24(15-17)19-10-3-2-4-11-19/h2-5,7-8,10-11,14-15H,6,9,12-13H2,1H3. The maximum Gasteiger partial charge on any atom is 0.231 e. The van der Waals surface area contributed by atoms with Gasteiger partial charge in [-0.25, -0.2) is 4.68 Å². The Hall–Kier alpha value is -2.88. The highest BCUT2D eigenvalue weighted by Gasteiger charge is 2.24. The van der Waals surface area contributed by atoms with Gasteiger partial charge in [0.1, 0.15) is 0 Å². The lowest BCUT2D eigenvalue weighted by Crippen LogP contribution is -2.37. The van der Waals surface area contributed by atoms with Crippen molar-refractivity contribution < 1.29 is 4.79 Å². The number of aryl methyl sites for hydroxylation is 2. The molecule has 4 nitrogen and oxygen atoms in total. The molecule has 2 heterocycles. The van der Waals surface area contributed by atoms with Gasteiger partial charge >= 0.3 is 0 Å². The molecule has 25 heavy (non-hydrogen) atoms. The Morgan fingerprint density at radius 2 is 1.96 bits per heavy atom. The molecule has 1 aliphatic rings. The third-order valence-electron chi connectivity index (χ3n) is 4.73. The average Bonchev–Trinajstić information content (AvgIpc) is 3.11. The second-order valence-corrected chi connectivity index (χ2v) is 6.54. The van der Waals surface area contributed by atoms with Crippen molar-refractivity contribution in [3.8, 4) is 5.69 Å². The minimum atomic E-state index is 0.142. The Bertz CT molecular complexity index is 899. The molecule has 4 heteroatoms. The molecule has 0 radical (unpaired) electrons. The smallest absolute Gasteiger partial charge is 0.231 e. The van der Waals surface area contributed by atoms with E-state index in [1.54, 1.807) is 6.20 Å². The second-order valence-electron chi connectivity index (χ2n) is 6.54. The molecule has 0 fully saturated rings. The van der Waals surface area contributed by atoms with E-state index in [0.717, 1.165) is 36.3 Å². The fraction of sp³-hybridized carbons (Fsp3) is 0.238. The molecule has 4 rings (SSSR count). The molecule has 2 aromatic carbocycles. The van der Waals surface area contributed by atoms with Gasteiger partial charge < -0.3 is 4.90 Å². The lowest BCUT2D eigenvalue weighted by molar-refractivity contribution is -0.118. The Morgan fingerprint density at radius 1 is 1.12 bits per heavy atom. The molecule has 1 aliphatic heterocycles. The van der Waals surface area contributed by atoms with Gasteiger partial charge in [0, 0.05) is 18.4 Å². The van der Waals surface area contributed by atoms with Crippen LogP contribution in [0.25, 0.3) is 5.69 Å². The number of rotatable bonds is 3. The summed E-state index contributed by atoms with van der Waals surface area (Å²) in [4.78, 5) is 14.9. The normalized spacial score (nSPS) is 13.6. The number of hydrogen-bond donors (Lipinski definition) is 0. The highest BCUT2D eigenvalue weighted by Crippen LogP contribution is 2.31. The van der Waals surface area contributed by atoms with Gasteiger partial charge in [0.05, 0.1) is 18.3 Å². The molecule has 126 valence electrons. The van der Waals surface area contributed by atoms with Gasteiger partial charge in [0.2, 0.25) is 5.91 Å². The number of aromatic nitrogens is 2. The predicted octanol–water partition coefficient (Wildman–Crippen LogP) is 3.70. The summed E-state index contributed by atoms with van der Waals surface area (Å²) in [7, 11) is 0. The SMILES string of the molecule is Cc1cccc2c1N(C(=O)Cc1cnn(-c3ccccc3)c1)CCC2. The van der Waals surface area contributed by atoms with Crippen molar-refractivity contribution >= 4 is 11.6 Å². The Kier molecular flexibility index (Phi) is 4.10. The lowest BCUT2D eigenvalue weighted by atomic mass is 9.97. The van der Waals surface area contributed by atoms with Crippen LogP contribution in [-0.4, -0.2) is 22.2 Å². The first-order chi connectivity index (χ1) is 12.2. The van der Waals surface area contributed by atoms with Crippen LogP contribution in [0.5, 0.6) is 0 Å². The first-order valence-corrected chi connectivity index (χ1v) is 8.70. The van der Waals surface area contributed by atoms with E-state index in [9.17, 15) is 4.79 Å². The number of carbonyl (C=O) groups excluding carboxylic acids is 1. The third kappa shape index (κ3) is 3.07. The Balaban J connectivity index is 1.55. The van der Waals surface area contributed by atoms with E-state index in [2.05, 4.69) is 30.2 Å². The summed E-state index contributed by atoms with van der Waals surface area (Å²) < 4.78 is 1.82. The summed E-state index contributed by atoms with van der Waals surface area (Å²) in [6.07, 6.45) is 6.17. The summed E-state index contributed by atoms with van der Waals surface area (Å²) in [5, 5.41) is 4.39. The van der Waals surface area contributed by atoms with Gasteiger partial charge in [-0.15, -0.1) is 0 Å². The van der Waals surface area contributed by atoms with Crippen molar-refractivity contribution in [1.29, 1.82) is 0 Å².